The number of aryl methyl sites for hydroxylation is 2. The summed E-state index contributed by atoms with van der Waals surface area (Å²) < 4.78 is 5.94. The molecule has 0 N–H and O–H groups in total. The third kappa shape index (κ3) is 4.51. The van der Waals surface area contributed by atoms with Crippen molar-refractivity contribution in [2.24, 2.45) is 0 Å². The minimum Gasteiger partial charge on any atom is -0.441 e. The van der Waals surface area contributed by atoms with Gasteiger partial charge in [-0.05, 0) is 56.6 Å². The van der Waals surface area contributed by atoms with Crippen molar-refractivity contribution in [1.29, 1.82) is 0 Å². The van der Waals surface area contributed by atoms with E-state index in [4.69, 9.17) is 9.40 Å². The monoisotopic (exact) mass is 375 g/mol. The maximum Gasteiger partial charge on any atom is 0.226 e. The Morgan fingerprint density at radius 3 is 2.25 bits per heavy atom. The number of benzene rings is 2. The Morgan fingerprint density at radius 1 is 0.821 bits per heavy atom. The van der Waals surface area contributed by atoms with Crippen molar-refractivity contribution in [2.75, 3.05) is 26.2 Å². The number of rotatable bonds is 5. The summed E-state index contributed by atoms with van der Waals surface area (Å²) >= 11 is 0. The maximum absolute atomic E-state index is 5.94. The van der Waals surface area contributed by atoms with Gasteiger partial charge in [-0.15, -0.1) is 0 Å². The summed E-state index contributed by atoms with van der Waals surface area (Å²) in [5.74, 6) is 1.66. The number of oxazole rings is 1. The summed E-state index contributed by atoms with van der Waals surface area (Å²) in [6.45, 7) is 10.6. The van der Waals surface area contributed by atoms with Crippen molar-refractivity contribution < 1.29 is 4.42 Å². The van der Waals surface area contributed by atoms with E-state index in [0.29, 0.717) is 0 Å². The third-order valence-corrected chi connectivity index (χ3v) is 5.62. The molecule has 0 spiro atoms. The van der Waals surface area contributed by atoms with Gasteiger partial charge in [0.2, 0.25) is 5.89 Å². The van der Waals surface area contributed by atoms with Crippen LogP contribution in [0.4, 0.5) is 0 Å². The maximum atomic E-state index is 5.94. The van der Waals surface area contributed by atoms with Crippen molar-refractivity contribution in [1.82, 2.24) is 14.8 Å². The smallest absolute Gasteiger partial charge is 0.226 e. The summed E-state index contributed by atoms with van der Waals surface area (Å²) in [7, 11) is 0. The van der Waals surface area contributed by atoms with Crippen LogP contribution in [0.15, 0.2) is 59.0 Å². The van der Waals surface area contributed by atoms with E-state index in [1.807, 2.05) is 37.3 Å². The second-order valence-corrected chi connectivity index (χ2v) is 7.72. The van der Waals surface area contributed by atoms with Crippen LogP contribution in [0.2, 0.25) is 0 Å². The van der Waals surface area contributed by atoms with E-state index in [2.05, 4.69) is 41.0 Å². The lowest BCUT2D eigenvalue weighted by Gasteiger charge is -2.22. The lowest BCUT2D eigenvalue weighted by Crippen LogP contribution is -2.30. The number of nitrogens with zero attached hydrogens (tertiary/aromatic N) is 3. The molecule has 1 fully saturated rings. The molecule has 0 atom stereocenters. The minimum absolute atomic E-state index is 0.726. The average molecular weight is 376 g/mol. The quantitative estimate of drug-likeness (QED) is 0.649. The zero-order valence-corrected chi connectivity index (χ0v) is 16.9. The Labute approximate surface area is 167 Å². The molecule has 3 aromatic rings. The van der Waals surface area contributed by atoms with Crippen molar-refractivity contribution in [3.63, 3.8) is 0 Å². The molecule has 0 aliphatic carbocycles. The highest BCUT2D eigenvalue weighted by Crippen LogP contribution is 2.23. The van der Waals surface area contributed by atoms with Crippen molar-refractivity contribution in [2.45, 2.75) is 33.4 Å². The van der Waals surface area contributed by atoms with E-state index in [1.165, 1.54) is 17.5 Å². The van der Waals surface area contributed by atoms with Crippen LogP contribution < -0.4 is 0 Å². The van der Waals surface area contributed by atoms with Gasteiger partial charge in [0.05, 0.1) is 5.69 Å². The molecule has 1 aromatic heterocycles. The van der Waals surface area contributed by atoms with Crippen LogP contribution in [-0.2, 0) is 13.1 Å². The van der Waals surface area contributed by atoms with Gasteiger partial charge in [0, 0.05) is 31.7 Å². The second kappa shape index (κ2) is 8.72. The molecule has 2 heterocycles. The van der Waals surface area contributed by atoms with Crippen LogP contribution in [0, 0.1) is 13.8 Å². The zero-order chi connectivity index (χ0) is 19.3. The first-order valence-electron chi connectivity index (χ1n) is 10.2. The van der Waals surface area contributed by atoms with Crippen LogP contribution in [0.3, 0.4) is 0 Å². The second-order valence-electron chi connectivity index (χ2n) is 7.72. The third-order valence-electron chi connectivity index (χ3n) is 5.62. The van der Waals surface area contributed by atoms with Gasteiger partial charge in [-0.1, -0.05) is 42.5 Å². The fraction of sp³-hybridized carbons (Fsp3) is 0.375. The van der Waals surface area contributed by atoms with Crippen LogP contribution in [0.25, 0.3) is 11.5 Å². The summed E-state index contributed by atoms with van der Waals surface area (Å²) in [5.41, 5.74) is 4.93. The number of aromatic nitrogens is 1. The SMILES string of the molecule is Cc1ccccc1CN1CCCN(Cc2nc(-c3ccccc3)oc2C)CC1. The van der Waals surface area contributed by atoms with Crippen molar-refractivity contribution >= 4 is 0 Å². The molecule has 4 heteroatoms. The fourth-order valence-electron chi connectivity index (χ4n) is 3.86. The molecule has 0 radical (unpaired) electrons. The Balaban J connectivity index is 1.38. The molecular weight excluding hydrogens is 346 g/mol. The van der Waals surface area contributed by atoms with Crippen LogP contribution in [0.5, 0.6) is 0 Å². The standard InChI is InChI=1S/C24H29N3O/c1-19-9-6-7-12-22(19)17-26-13-8-14-27(16-15-26)18-23-20(2)28-24(25-23)21-10-4-3-5-11-21/h3-7,9-12H,8,13-18H2,1-2H3. The highest BCUT2D eigenvalue weighted by molar-refractivity contribution is 5.53. The van der Waals surface area contributed by atoms with Gasteiger partial charge in [-0.25, -0.2) is 4.98 Å². The molecule has 0 amide bonds. The van der Waals surface area contributed by atoms with Crippen molar-refractivity contribution in [3.05, 3.63) is 77.2 Å². The van der Waals surface area contributed by atoms with Gasteiger partial charge in [-0.2, -0.15) is 0 Å². The number of hydrogen-bond acceptors (Lipinski definition) is 4. The summed E-state index contributed by atoms with van der Waals surface area (Å²) in [6.07, 6.45) is 1.19. The van der Waals surface area contributed by atoms with E-state index in [1.54, 1.807) is 0 Å². The Hall–Kier alpha value is -2.43. The van der Waals surface area contributed by atoms with Crippen LogP contribution in [-0.4, -0.2) is 41.0 Å². The largest absolute Gasteiger partial charge is 0.441 e. The first kappa shape index (κ1) is 18.9. The summed E-state index contributed by atoms with van der Waals surface area (Å²) in [6, 6.07) is 18.9. The molecule has 1 aliphatic rings. The number of hydrogen-bond donors (Lipinski definition) is 0. The van der Waals surface area contributed by atoms with E-state index in [-0.39, 0.29) is 0 Å². The Kier molecular flexibility index (Phi) is 5.89. The molecule has 0 saturated carbocycles. The van der Waals surface area contributed by atoms with Gasteiger partial charge >= 0.3 is 0 Å². The van der Waals surface area contributed by atoms with Gasteiger partial charge in [0.25, 0.3) is 0 Å². The lowest BCUT2D eigenvalue weighted by atomic mass is 10.1. The first-order valence-corrected chi connectivity index (χ1v) is 10.2. The van der Waals surface area contributed by atoms with E-state index in [0.717, 1.165) is 62.2 Å². The molecule has 0 bridgehead atoms. The average Bonchev–Trinajstić information content (AvgIpc) is 2.93. The lowest BCUT2D eigenvalue weighted by molar-refractivity contribution is 0.245. The molecule has 146 valence electrons. The normalized spacial score (nSPS) is 16.2. The molecule has 4 rings (SSSR count). The minimum atomic E-state index is 0.726. The topological polar surface area (TPSA) is 32.5 Å². The Morgan fingerprint density at radius 2 is 1.50 bits per heavy atom. The van der Waals surface area contributed by atoms with E-state index < -0.39 is 0 Å². The highest BCUT2D eigenvalue weighted by atomic mass is 16.4. The van der Waals surface area contributed by atoms with Gasteiger partial charge in [0.15, 0.2) is 0 Å². The van der Waals surface area contributed by atoms with Crippen LogP contribution in [0.1, 0.15) is 29.0 Å². The molecular formula is C24H29N3O. The predicted molar refractivity (Wildman–Crippen MR) is 113 cm³/mol. The molecule has 28 heavy (non-hydrogen) atoms. The molecule has 2 aromatic carbocycles. The first-order chi connectivity index (χ1) is 13.7. The molecule has 1 aliphatic heterocycles. The molecule has 1 saturated heterocycles. The molecule has 0 unspecified atom stereocenters. The van der Waals surface area contributed by atoms with E-state index in [9.17, 15) is 0 Å². The zero-order valence-electron chi connectivity index (χ0n) is 16.9. The fourth-order valence-corrected chi connectivity index (χ4v) is 3.86. The van der Waals surface area contributed by atoms with Gasteiger partial charge in [-0.3, -0.25) is 9.80 Å². The van der Waals surface area contributed by atoms with E-state index >= 15 is 0 Å². The van der Waals surface area contributed by atoms with Crippen LogP contribution >= 0.6 is 0 Å². The molecule has 4 nitrogen and oxygen atoms in total. The summed E-state index contributed by atoms with van der Waals surface area (Å²) in [5, 5.41) is 0. The van der Waals surface area contributed by atoms with Crippen molar-refractivity contribution in [3.8, 4) is 11.5 Å². The highest BCUT2D eigenvalue weighted by Gasteiger charge is 2.19. The van der Waals surface area contributed by atoms with Gasteiger partial charge < -0.3 is 4.42 Å². The predicted octanol–water partition coefficient (Wildman–Crippen LogP) is 4.67. The van der Waals surface area contributed by atoms with Gasteiger partial charge in [0.1, 0.15) is 5.76 Å². The summed E-state index contributed by atoms with van der Waals surface area (Å²) in [4.78, 5) is 9.87. The Bertz CT molecular complexity index is 903.